The Morgan fingerprint density at radius 3 is 2.95 bits per heavy atom. The maximum atomic E-state index is 11.0. The molecule has 1 amide bonds. The first-order valence-electron chi connectivity index (χ1n) is 6.12. The first-order valence-corrected chi connectivity index (χ1v) is 8.13. The number of halogens is 1. The average Bonchev–Trinajstić information content (AvgIpc) is 3.00. The van der Waals surface area contributed by atoms with E-state index < -0.39 is 0 Å². The number of nitrogens with one attached hydrogen (secondary N) is 2. The van der Waals surface area contributed by atoms with Gasteiger partial charge in [-0.15, -0.1) is 11.3 Å². The first kappa shape index (κ1) is 14.2. The van der Waals surface area contributed by atoms with Crippen LogP contribution in [0.3, 0.4) is 0 Å². The number of anilines is 2. The number of carbonyl (C=O) groups is 1. The lowest BCUT2D eigenvalue weighted by atomic mass is 10.3. The summed E-state index contributed by atoms with van der Waals surface area (Å²) in [4.78, 5) is 20.5. The molecule has 3 rings (SSSR count). The molecule has 2 aromatic heterocycles. The van der Waals surface area contributed by atoms with Gasteiger partial charge >= 0.3 is 0 Å². The summed E-state index contributed by atoms with van der Waals surface area (Å²) in [5, 5.41) is 6.62. The lowest BCUT2D eigenvalue weighted by Gasteiger charge is -2.03. The maximum Gasteiger partial charge on any atom is 0.223 e. The van der Waals surface area contributed by atoms with Gasteiger partial charge in [-0.05, 0) is 18.2 Å². The van der Waals surface area contributed by atoms with E-state index in [4.69, 9.17) is 11.6 Å². The number of carbonyl (C=O) groups excluding carboxylic acids is 1. The van der Waals surface area contributed by atoms with E-state index >= 15 is 0 Å². The second-order valence-corrected chi connectivity index (χ2v) is 7.04. The van der Waals surface area contributed by atoms with Crippen LogP contribution in [0, 0.1) is 0 Å². The molecule has 21 heavy (non-hydrogen) atoms. The Morgan fingerprint density at radius 1 is 1.38 bits per heavy atom. The van der Waals surface area contributed by atoms with Crippen molar-refractivity contribution >= 4 is 61.2 Å². The van der Waals surface area contributed by atoms with Gasteiger partial charge < -0.3 is 10.6 Å². The van der Waals surface area contributed by atoms with Crippen LogP contribution in [-0.2, 0) is 11.3 Å². The molecule has 2 N–H and O–H groups in total. The Labute approximate surface area is 134 Å². The second-order valence-electron chi connectivity index (χ2n) is 4.32. The van der Waals surface area contributed by atoms with E-state index in [1.165, 1.54) is 29.6 Å². The van der Waals surface area contributed by atoms with Crippen molar-refractivity contribution < 1.29 is 4.79 Å². The molecule has 0 saturated carbocycles. The first-order chi connectivity index (χ1) is 10.1. The minimum Gasteiger partial charge on any atom is -0.380 e. The van der Waals surface area contributed by atoms with Gasteiger partial charge in [0.2, 0.25) is 5.91 Å². The van der Waals surface area contributed by atoms with Gasteiger partial charge in [0.05, 0.1) is 16.8 Å². The van der Waals surface area contributed by atoms with Crippen molar-refractivity contribution in [1.29, 1.82) is 0 Å². The molecule has 108 valence electrons. The highest BCUT2D eigenvalue weighted by Gasteiger charge is 2.06. The van der Waals surface area contributed by atoms with Crippen molar-refractivity contribution in [1.82, 2.24) is 9.97 Å². The van der Waals surface area contributed by atoms with Crippen LogP contribution in [0.5, 0.6) is 0 Å². The van der Waals surface area contributed by atoms with Crippen LogP contribution in [0.25, 0.3) is 10.2 Å². The topological polar surface area (TPSA) is 66.9 Å². The monoisotopic (exact) mass is 338 g/mol. The summed E-state index contributed by atoms with van der Waals surface area (Å²) in [6, 6.07) is 5.93. The maximum absolute atomic E-state index is 11.0. The molecule has 0 radical (unpaired) electrons. The quantitative estimate of drug-likeness (QED) is 0.755. The summed E-state index contributed by atoms with van der Waals surface area (Å²) < 4.78 is 1.58. The van der Waals surface area contributed by atoms with Gasteiger partial charge in [-0.2, -0.15) is 0 Å². The van der Waals surface area contributed by atoms with Crippen molar-refractivity contribution in [3.8, 4) is 0 Å². The highest BCUT2D eigenvalue weighted by molar-refractivity contribution is 7.22. The number of hydrogen-bond acceptors (Lipinski definition) is 6. The van der Waals surface area contributed by atoms with Crippen LogP contribution in [-0.4, -0.2) is 15.9 Å². The van der Waals surface area contributed by atoms with Crippen LogP contribution >= 0.6 is 34.3 Å². The van der Waals surface area contributed by atoms with Crippen molar-refractivity contribution in [3.63, 3.8) is 0 Å². The number of amides is 1. The summed E-state index contributed by atoms with van der Waals surface area (Å²) in [6.07, 6.45) is 1.76. The largest absolute Gasteiger partial charge is 0.380 e. The van der Waals surface area contributed by atoms with E-state index in [9.17, 15) is 4.79 Å². The minimum atomic E-state index is -0.116. The molecule has 5 nitrogen and oxygen atoms in total. The molecule has 0 aliphatic heterocycles. The summed E-state index contributed by atoms with van der Waals surface area (Å²) in [5.41, 5.74) is 1.82. The van der Waals surface area contributed by atoms with E-state index in [1.54, 1.807) is 6.20 Å². The smallest absolute Gasteiger partial charge is 0.223 e. The van der Waals surface area contributed by atoms with Crippen molar-refractivity contribution in [2.24, 2.45) is 0 Å². The Kier molecular flexibility index (Phi) is 4.05. The number of nitrogens with zero attached hydrogens (tertiary/aromatic N) is 2. The fourth-order valence-corrected chi connectivity index (χ4v) is 3.61. The van der Waals surface area contributed by atoms with Gasteiger partial charge in [0.25, 0.3) is 0 Å². The number of thiazole rings is 2. The van der Waals surface area contributed by atoms with Gasteiger partial charge in [-0.3, -0.25) is 4.79 Å². The predicted octanol–water partition coefficient (Wildman–Crippen LogP) is 3.98. The van der Waals surface area contributed by atoms with E-state index in [0.29, 0.717) is 16.1 Å². The fraction of sp³-hybridized carbons (Fsp3) is 0.154. The molecular weight excluding hydrogens is 328 g/mol. The van der Waals surface area contributed by atoms with Gasteiger partial charge in [0.15, 0.2) is 9.60 Å². The Balaban J connectivity index is 1.75. The number of hydrogen-bond donors (Lipinski definition) is 2. The highest BCUT2D eigenvalue weighted by atomic mass is 35.5. The normalized spacial score (nSPS) is 10.8. The van der Waals surface area contributed by atoms with Crippen LogP contribution in [0.4, 0.5) is 10.8 Å². The summed E-state index contributed by atoms with van der Waals surface area (Å²) in [6.45, 7) is 2.14. The summed E-state index contributed by atoms with van der Waals surface area (Å²) in [5.74, 6) is -0.116. The van der Waals surface area contributed by atoms with E-state index in [1.807, 2.05) is 18.2 Å². The second kappa shape index (κ2) is 5.97. The molecule has 0 aliphatic carbocycles. The number of benzene rings is 1. The third-order valence-electron chi connectivity index (χ3n) is 2.66. The molecule has 8 heteroatoms. The molecule has 0 bridgehead atoms. The number of fused-ring (bicyclic) bond motifs is 1. The summed E-state index contributed by atoms with van der Waals surface area (Å²) in [7, 11) is 0. The average molecular weight is 339 g/mol. The van der Waals surface area contributed by atoms with Gasteiger partial charge in [-0.1, -0.05) is 22.9 Å². The molecule has 3 aromatic rings. The molecule has 0 fully saturated rings. The molecular formula is C13H11ClN4OS2. The van der Waals surface area contributed by atoms with E-state index in [-0.39, 0.29) is 5.91 Å². The third kappa shape index (κ3) is 3.49. The molecule has 0 spiro atoms. The highest BCUT2D eigenvalue weighted by Crippen LogP contribution is 2.28. The number of rotatable bonds is 4. The van der Waals surface area contributed by atoms with Gasteiger partial charge in [0, 0.05) is 23.7 Å². The molecule has 2 heterocycles. The zero-order valence-corrected chi connectivity index (χ0v) is 13.4. The van der Waals surface area contributed by atoms with E-state index in [2.05, 4.69) is 20.6 Å². The van der Waals surface area contributed by atoms with Crippen molar-refractivity contribution in [3.05, 3.63) is 33.7 Å². The molecule has 0 saturated heterocycles. The van der Waals surface area contributed by atoms with Crippen molar-refractivity contribution in [2.75, 3.05) is 10.6 Å². The van der Waals surface area contributed by atoms with Crippen LogP contribution in [0.15, 0.2) is 24.4 Å². The third-order valence-corrected chi connectivity index (χ3v) is 4.73. The van der Waals surface area contributed by atoms with Crippen molar-refractivity contribution in [2.45, 2.75) is 13.5 Å². The zero-order valence-electron chi connectivity index (χ0n) is 11.0. The summed E-state index contributed by atoms with van der Waals surface area (Å²) >= 11 is 8.71. The standard InChI is InChI=1S/C13H11ClN4OS2/c1-7(19)17-13-18-10-4-8(2-3-11(10)21-13)15-5-9-6-16-12(14)20-9/h2-4,6,15H,5H2,1H3,(H,17,18,19). The van der Waals surface area contributed by atoms with Gasteiger partial charge in [-0.25, -0.2) is 9.97 Å². The Hall–Kier alpha value is -1.70. The van der Waals surface area contributed by atoms with E-state index in [0.717, 1.165) is 20.8 Å². The molecule has 0 unspecified atom stereocenters. The van der Waals surface area contributed by atoms with Crippen LogP contribution in [0.1, 0.15) is 11.8 Å². The predicted molar refractivity (Wildman–Crippen MR) is 88.4 cm³/mol. The molecule has 0 aliphatic rings. The lowest BCUT2D eigenvalue weighted by molar-refractivity contribution is -0.114. The lowest BCUT2D eigenvalue weighted by Crippen LogP contribution is -2.04. The molecule has 1 aromatic carbocycles. The Morgan fingerprint density at radius 2 is 2.24 bits per heavy atom. The fourth-order valence-electron chi connectivity index (χ4n) is 1.80. The minimum absolute atomic E-state index is 0.116. The Bertz CT molecular complexity index is 798. The number of aromatic nitrogens is 2. The zero-order chi connectivity index (χ0) is 14.8. The molecule has 0 atom stereocenters. The van der Waals surface area contributed by atoms with Gasteiger partial charge in [0.1, 0.15) is 0 Å². The van der Waals surface area contributed by atoms with Crippen LogP contribution < -0.4 is 10.6 Å². The van der Waals surface area contributed by atoms with Crippen LogP contribution in [0.2, 0.25) is 4.47 Å². The SMILES string of the molecule is CC(=O)Nc1nc2cc(NCc3cnc(Cl)s3)ccc2s1.